The summed E-state index contributed by atoms with van der Waals surface area (Å²) in [5.74, 6) is -0.943. The fourth-order valence-corrected chi connectivity index (χ4v) is 4.10. The van der Waals surface area contributed by atoms with E-state index in [0.29, 0.717) is 19.5 Å². The van der Waals surface area contributed by atoms with Crippen LogP contribution in [-0.2, 0) is 10.0 Å². The van der Waals surface area contributed by atoms with E-state index in [-0.39, 0.29) is 34.3 Å². The third-order valence-corrected chi connectivity index (χ3v) is 5.35. The number of halogens is 1. The predicted molar refractivity (Wildman–Crippen MR) is 88.2 cm³/mol. The van der Waals surface area contributed by atoms with Gasteiger partial charge in [0.15, 0.2) is 0 Å². The predicted octanol–water partition coefficient (Wildman–Crippen LogP) is 0.740. The highest BCUT2D eigenvalue weighted by atomic mass is 35.5. The molecular formula is C14H20ClN3O4S. The first-order valence-electron chi connectivity index (χ1n) is 7.01. The zero-order valence-electron chi connectivity index (χ0n) is 12.9. The Morgan fingerprint density at radius 1 is 1.35 bits per heavy atom. The minimum atomic E-state index is -3.89. The fraction of sp³-hybridized carbons (Fsp3) is 0.429. The summed E-state index contributed by atoms with van der Waals surface area (Å²) in [6, 6.07) is 3.61. The van der Waals surface area contributed by atoms with Gasteiger partial charge in [-0.1, -0.05) is 0 Å². The van der Waals surface area contributed by atoms with Gasteiger partial charge >= 0.3 is 0 Å². The summed E-state index contributed by atoms with van der Waals surface area (Å²) in [5.41, 5.74) is 5.66. The Hall–Kier alpha value is -1.64. The minimum absolute atomic E-state index is 0. The molecule has 0 bridgehead atoms. The third kappa shape index (κ3) is 3.49. The third-order valence-electron chi connectivity index (χ3n) is 3.35. The number of carbonyl (C=O) groups excluding carboxylic acids is 2. The van der Waals surface area contributed by atoms with Crippen LogP contribution >= 0.6 is 12.4 Å². The minimum Gasteiger partial charge on any atom is -0.352 e. The smallest absolute Gasteiger partial charge is 0.269 e. The topological polar surface area (TPSA) is 110 Å². The SMILES string of the molecule is CC(C)N1C(=O)c2ccc(C(=O)NCCCN)cc2S1(=O)=O.Cl. The van der Waals surface area contributed by atoms with E-state index < -0.39 is 22.0 Å². The molecule has 1 aliphatic rings. The molecule has 1 aromatic rings. The van der Waals surface area contributed by atoms with Gasteiger partial charge in [0.25, 0.3) is 21.8 Å². The first-order chi connectivity index (χ1) is 10.3. The molecule has 0 aromatic heterocycles. The van der Waals surface area contributed by atoms with Crippen LogP contribution in [0.3, 0.4) is 0 Å². The number of benzene rings is 1. The Balaban J connectivity index is 0.00000264. The maximum atomic E-state index is 12.4. The van der Waals surface area contributed by atoms with Gasteiger partial charge < -0.3 is 11.1 Å². The number of hydrogen-bond donors (Lipinski definition) is 2. The lowest BCUT2D eigenvalue weighted by molar-refractivity contribution is 0.0845. The number of fused-ring (bicyclic) bond motifs is 1. The Morgan fingerprint density at radius 3 is 2.57 bits per heavy atom. The average Bonchev–Trinajstić information content (AvgIpc) is 2.65. The summed E-state index contributed by atoms with van der Waals surface area (Å²) in [4.78, 5) is 24.0. The first-order valence-corrected chi connectivity index (χ1v) is 8.45. The highest BCUT2D eigenvalue weighted by molar-refractivity contribution is 7.90. The molecule has 128 valence electrons. The van der Waals surface area contributed by atoms with E-state index in [1.807, 2.05) is 0 Å². The molecule has 3 N–H and O–H groups in total. The van der Waals surface area contributed by atoms with Crippen LogP contribution in [0.15, 0.2) is 23.1 Å². The fourth-order valence-electron chi connectivity index (χ4n) is 2.31. The molecule has 0 saturated heterocycles. The number of nitrogens with one attached hydrogen (secondary N) is 1. The molecule has 0 fully saturated rings. The molecule has 2 amide bonds. The molecule has 0 aliphatic carbocycles. The van der Waals surface area contributed by atoms with Crippen LogP contribution in [0.25, 0.3) is 0 Å². The standard InChI is InChI=1S/C14H19N3O4S.ClH/c1-9(2)17-14(19)11-5-4-10(8-12(11)22(17,20)21)13(18)16-7-3-6-15;/h4-5,8-9H,3,6-7,15H2,1-2H3,(H,16,18);1H. The Morgan fingerprint density at radius 2 is 2.00 bits per heavy atom. The van der Waals surface area contributed by atoms with Gasteiger partial charge in [-0.3, -0.25) is 9.59 Å². The van der Waals surface area contributed by atoms with E-state index >= 15 is 0 Å². The highest BCUT2D eigenvalue weighted by Gasteiger charge is 2.42. The molecule has 0 unspecified atom stereocenters. The summed E-state index contributed by atoms with van der Waals surface area (Å²) in [5, 5.41) is 2.65. The lowest BCUT2D eigenvalue weighted by Gasteiger charge is -2.18. The van der Waals surface area contributed by atoms with Crippen molar-refractivity contribution in [1.82, 2.24) is 9.62 Å². The molecule has 1 aromatic carbocycles. The van der Waals surface area contributed by atoms with E-state index in [4.69, 9.17) is 5.73 Å². The van der Waals surface area contributed by atoms with Crippen LogP contribution in [0.4, 0.5) is 0 Å². The highest BCUT2D eigenvalue weighted by Crippen LogP contribution is 2.32. The van der Waals surface area contributed by atoms with Gasteiger partial charge in [0.1, 0.15) is 4.90 Å². The van der Waals surface area contributed by atoms with Gasteiger partial charge in [-0.2, -0.15) is 0 Å². The van der Waals surface area contributed by atoms with Crippen molar-refractivity contribution in [3.8, 4) is 0 Å². The maximum Gasteiger partial charge on any atom is 0.269 e. The van der Waals surface area contributed by atoms with Gasteiger partial charge in [0.05, 0.1) is 5.56 Å². The van der Waals surface area contributed by atoms with Crippen LogP contribution in [0, 0.1) is 0 Å². The number of nitrogens with zero attached hydrogens (tertiary/aromatic N) is 1. The van der Waals surface area contributed by atoms with Crippen LogP contribution in [0.1, 0.15) is 41.0 Å². The Bertz CT molecular complexity index is 719. The van der Waals surface area contributed by atoms with Crippen molar-refractivity contribution in [3.63, 3.8) is 0 Å². The largest absolute Gasteiger partial charge is 0.352 e. The maximum absolute atomic E-state index is 12.4. The zero-order chi connectivity index (χ0) is 16.5. The van der Waals surface area contributed by atoms with E-state index in [1.54, 1.807) is 13.8 Å². The van der Waals surface area contributed by atoms with Crippen molar-refractivity contribution in [1.29, 1.82) is 0 Å². The van der Waals surface area contributed by atoms with Crippen molar-refractivity contribution in [3.05, 3.63) is 29.3 Å². The number of sulfonamides is 1. The van der Waals surface area contributed by atoms with E-state index in [9.17, 15) is 18.0 Å². The van der Waals surface area contributed by atoms with Crippen LogP contribution in [0.2, 0.25) is 0 Å². The molecule has 0 atom stereocenters. The summed E-state index contributed by atoms with van der Waals surface area (Å²) in [6.45, 7) is 4.12. The molecule has 0 saturated carbocycles. The second-order valence-corrected chi connectivity index (χ2v) is 7.09. The lowest BCUT2D eigenvalue weighted by atomic mass is 10.1. The summed E-state index contributed by atoms with van der Waals surface area (Å²) < 4.78 is 25.7. The second-order valence-electron chi connectivity index (χ2n) is 5.31. The van der Waals surface area contributed by atoms with Crippen molar-refractivity contribution in [2.75, 3.05) is 13.1 Å². The van der Waals surface area contributed by atoms with E-state index in [1.165, 1.54) is 18.2 Å². The van der Waals surface area contributed by atoms with Crippen molar-refractivity contribution in [2.24, 2.45) is 5.73 Å². The second kappa shape index (κ2) is 7.29. The summed E-state index contributed by atoms with van der Waals surface area (Å²) >= 11 is 0. The van der Waals surface area contributed by atoms with Crippen LogP contribution < -0.4 is 11.1 Å². The van der Waals surface area contributed by atoms with Crippen LogP contribution in [0.5, 0.6) is 0 Å². The van der Waals surface area contributed by atoms with Gasteiger partial charge in [-0.05, 0) is 45.0 Å². The molecule has 0 spiro atoms. The van der Waals surface area contributed by atoms with Gasteiger partial charge in [-0.25, -0.2) is 12.7 Å². The number of hydrogen-bond acceptors (Lipinski definition) is 5. The number of carbonyl (C=O) groups is 2. The quantitative estimate of drug-likeness (QED) is 0.752. The molecule has 9 heteroatoms. The number of amides is 2. The zero-order valence-corrected chi connectivity index (χ0v) is 14.5. The molecule has 1 aliphatic heterocycles. The summed E-state index contributed by atoms with van der Waals surface area (Å²) in [7, 11) is -3.89. The monoisotopic (exact) mass is 361 g/mol. The molecule has 1 heterocycles. The van der Waals surface area contributed by atoms with E-state index in [2.05, 4.69) is 5.32 Å². The van der Waals surface area contributed by atoms with Crippen molar-refractivity contribution < 1.29 is 18.0 Å². The number of rotatable bonds is 5. The molecule has 7 nitrogen and oxygen atoms in total. The molecule has 0 radical (unpaired) electrons. The Kier molecular flexibility index (Phi) is 6.15. The number of nitrogens with two attached hydrogens (primary N) is 1. The van der Waals surface area contributed by atoms with Gasteiger partial charge in [0, 0.05) is 18.2 Å². The van der Waals surface area contributed by atoms with Gasteiger partial charge in [-0.15, -0.1) is 12.4 Å². The lowest BCUT2D eigenvalue weighted by Crippen LogP contribution is -2.36. The average molecular weight is 362 g/mol. The van der Waals surface area contributed by atoms with Gasteiger partial charge in [0.2, 0.25) is 0 Å². The Labute approximate surface area is 141 Å². The molecule has 2 rings (SSSR count). The molecular weight excluding hydrogens is 342 g/mol. The van der Waals surface area contributed by atoms with Crippen molar-refractivity contribution >= 4 is 34.2 Å². The van der Waals surface area contributed by atoms with Crippen molar-refractivity contribution in [2.45, 2.75) is 31.2 Å². The first kappa shape index (κ1) is 19.4. The normalized spacial score (nSPS) is 15.3. The summed E-state index contributed by atoms with van der Waals surface area (Å²) in [6.07, 6.45) is 0.634. The van der Waals surface area contributed by atoms with Crippen LogP contribution in [-0.4, -0.2) is 43.7 Å². The van der Waals surface area contributed by atoms with E-state index in [0.717, 1.165) is 4.31 Å². The molecule has 23 heavy (non-hydrogen) atoms.